The summed E-state index contributed by atoms with van der Waals surface area (Å²) in [6.45, 7) is 6.03. The molecule has 0 aliphatic rings. The number of benzene rings is 1. The monoisotopic (exact) mass is 808 g/mol. The van der Waals surface area contributed by atoms with E-state index in [1.807, 2.05) is 58.0 Å². The predicted octanol–water partition coefficient (Wildman–Crippen LogP) is -0.801. The summed E-state index contributed by atoms with van der Waals surface area (Å²) in [5, 5.41) is 54.7. The Kier molecular flexibility index (Phi) is 26.6. The molecule has 12 N–H and O–H groups in total. The highest BCUT2D eigenvalue weighted by atomic mass is 16.3. The molecule has 0 spiro atoms. The lowest BCUT2D eigenvalue weighted by Gasteiger charge is -2.24. The fraction of sp³-hybridized carbons (Fsp3) is 0.700. The van der Waals surface area contributed by atoms with Crippen molar-refractivity contribution in [2.75, 3.05) is 46.6 Å². The minimum atomic E-state index is -0.907. The molecule has 0 saturated carbocycles. The highest BCUT2D eigenvalue weighted by Crippen LogP contribution is 2.17. The van der Waals surface area contributed by atoms with Gasteiger partial charge in [0, 0.05) is 63.5 Å². The topological polar surface area (TPSA) is 282 Å². The Morgan fingerprint density at radius 2 is 0.947 bits per heavy atom. The first-order valence-electron chi connectivity index (χ1n) is 20.0. The molecule has 1 aromatic rings. The zero-order valence-electron chi connectivity index (χ0n) is 34.1. The van der Waals surface area contributed by atoms with E-state index in [1.165, 1.54) is 0 Å². The van der Waals surface area contributed by atoms with Gasteiger partial charge in [0.25, 0.3) is 0 Å². The van der Waals surface area contributed by atoms with Crippen LogP contribution < -0.4 is 37.6 Å². The number of hydrogen-bond acceptors (Lipinski definition) is 14. The molecular formula is C40H69N7O10. The molecule has 0 radical (unpaired) electrons. The molecule has 3 amide bonds. The van der Waals surface area contributed by atoms with E-state index < -0.39 is 60.3 Å². The average molecular weight is 808 g/mol. The van der Waals surface area contributed by atoms with Gasteiger partial charge in [-0.25, -0.2) is 0 Å². The number of hydrogen-bond donors (Lipinski definition) is 11. The zero-order valence-corrected chi connectivity index (χ0v) is 34.1. The van der Waals surface area contributed by atoms with E-state index in [2.05, 4.69) is 31.9 Å². The molecule has 0 heterocycles. The number of nitrogens with two attached hydrogens (primary N) is 1. The van der Waals surface area contributed by atoms with Crippen LogP contribution in [-0.2, 0) is 35.2 Å². The predicted molar refractivity (Wildman–Crippen MR) is 215 cm³/mol. The first-order valence-corrected chi connectivity index (χ1v) is 20.0. The second kappa shape index (κ2) is 29.5. The fourth-order valence-electron chi connectivity index (χ4n) is 6.53. The maximum absolute atomic E-state index is 13.6. The molecule has 17 heteroatoms. The smallest absolute Gasteiger partial charge is 0.225 e. The second-order valence-corrected chi connectivity index (χ2v) is 15.2. The summed E-state index contributed by atoms with van der Waals surface area (Å²) in [5.41, 5.74) is 6.44. The van der Waals surface area contributed by atoms with Crippen LogP contribution in [0.25, 0.3) is 0 Å². The van der Waals surface area contributed by atoms with E-state index in [4.69, 9.17) is 10.8 Å². The van der Waals surface area contributed by atoms with Crippen molar-refractivity contribution in [2.45, 2.75) is 104 Å². The third-order valence-electron chi connectivity index (χ3n) is 9.59. The first-order chi connectivity index (χ1) is 27.2. The van der Waals surface area contributed by atoms with Crippen molar-refractivity contribution < 1.29 is 49.2 Å². The Morgan fingerprint density at radius 1 is 0.561 bits per heavy atom. The number of nitrogens with one attached hydrogen (secondary N) is 6. The van der Waals surface area contributed by atoms with E-state index >= 15 is 0 Å². The van der Waals surface area contributed by atoms with E-state index in [9.17, 15) is 44.1 Å². The highest BCUT2D eigenvalue weighted by Gasteiger charge is 2.30. The van der Waals surface area contributed by atoms with E-state index in [0.717, 1.165) is 5.56 Å². The Bertz CT molecular complexity index is 1350. The molecule has 0 aromatic heterocycles. The lowest BCUT2D eigenvalue weighted by molar-refractivity contribution is -0.132. The van der Waals surface area contributed by atoms with Crippen molar-refractivity contribution in [2.24, 2.45) is 35.3 Å². The third-order valence-corrected chi connectivity index (χ3v) is 9.59. The number of rotatable bonds is 33. The van der Waals surface area contributed by atoms with Crippen LogP contribution in [-0.4, -0.2) is 120 Å². The molecule has 0 aliphatic heterocycles. The minimum Gasteiger partial charge on any atom is -0.396 e. The van der Waals surface area contributed by atoms with Crippen LogP contribution in [0.1, 0.15) is 84.6 Å². The summed E-state index contributed by atoms with van der Waals surface area (Å²) in [5.74, 6) is -4.67. The van der Waals surface area contributed by atoms with Crippen molar-refractivity contribution in [3.05, 3.63) is 35.9 Å². The van der Waals surface area contributed by atoms with Gasteiger partial charge in [0.15, 0.2) is 17.3 Å². The molecule has 1 rings (SSSR count). The quantitative estimate of drug-likeness (QED) is 0.0388. The molecule has 0 saturated heterocycles. The molecule has 0 unspecified atom stereocenters. The SMILES string of the molecule is CC(C)C[C@H](NCN)C(=O)C[C@@H](CCO)C(=O)NCN[C@@H](CC(C)C)C(=O)C[C@@H](CCO)C(=O)NCN[C@@H](Cc1ccccc1)C(=O)C[C@@H](CCO)C(=O)NCO. The van der Waals surface area contributed by atoms with Gasteiger partial charge in [-0.2, -0.15) is 0 Å². The second-order valence-electron chi connectivity index (χ2n) is 15.2. The molecule has 17 nitrogen and oxygen atoms in total. The van der Waals surface area contributed by atoms with Gasteiger partial charge in [0.2, 0.25) is 17.7 Å². The number of Topliss-reactive ketones (excluding diaryl/α,β-unsaturated/α-hetero) is 3. The number of carbonyl (C=O) groups is 6. The summed E-state index contributed by atoms with van der Waals surface area (Å²) in [6.07, 6.45) is 0.725. The van der Waals surface area contributed by atoms with Crippen LogP contribution in [0.15, 0.2) is 30.3 Å². The van der Waals surface area contributed by atoms with Gasteiger partial charge in [-0.1, -0.05) is 58.0 Å². The van der Waals surface area contributed by atoms with Crippen LogP contribution in [0.2, 0.25) is 0 Å². The lowest BCUT2D eigenvalue weighted by atomic mass is 9.91. The Morgan fingerprint density at radius 3 is 1.33 bits per heavy atom. The third kappa shape index (κ3) is 21.1. The van der Waals surface area contributed by atoms with Gasteiger partial charge in [0.05, 0.1) is 31.5 Å². The summed E-state index contributed by atoms with van der Waals surface area (Å²) < 4.78 is 0. The van der Waals surface area contributed by atoms with E-state index in [0.29, 0.717) is 12.8 Å². The van der Waals surface area contributed by atoms with Gasteiger partial charge >= 0.3 is 0 Å². The van der Waals surface area contributed by atoms with Crippen molar-refractivity contribution >= 4 is 35.1 Å². The first kappa shape index (κ1) is 51.3. The fourth-order valence-corrected chi connectivity index (χ4v) is 6.53. The number of ketones is 3. The van der Waals surface area contributed by atoms with Crippen molar-refractivity contribution in [1.82, 2.24) is 31.9 Å². The van der Waals surface area contributed by atoms with E-state index in [-0.39, 0.29) is 114 Å². The van der Waals surface area contributed by atoms with Gasteiger partial charge in [-0.3, -0.25) is 44.7 Å². The molecule has 1 aromatic carbocycles. The van der Waals surface area contributed by atoms with Crippen LogP contribution in [0.3, 0.4) is 0 Å². The molecule has 0 bridgehead atoms. The maximum Gasteiger partial charge on any atom is 0.225 e. The van der Waals surface area contributed by atoms with Crippen LogP contribution >= 0.6 is 0 Å². The normalized spacial score (nSPS) is 14.6. The molecule has 0 fully saturated rings. The van der Waals surface area contributed by atoms with Gasteiger partial charge in [-0.15, -0.1) is 0 Å². The Balaban J connectivity index is 2.96. The summed E-state index contributed by atoms with van der Waals surface area (Å²) in [6, 6.07) is 7.03. The average Bonchev–Trinajstić information content (AvgIpc) is 3.16. The van der Waals surface area contributed by atoms with Crippen molar-refractivity contribution in [3.8, 4) is 0 Å². The molecule has 0 aliphatic carbocycles. The van der Waals surface area contributed by atoms with Gasteiger partial charge < -0.3 is 42.1 Å². The maximum atomic E-state index is 13.6. The standard InChI is InChI=1S/C40H69N7O10/c1-26(2)16-32(42-22-41)35(52)19-29(10-13-48)38(55)45-23-43-33(17-27(3)4)36(53)20-30(11-14-49)39(56)46-24-44-34(18-28-8-6-5-7-9-28)37(54)21-31(12-15-50)40(57)47-25-51/h5-9,26-27,29-34,42-44,48-51H,10-25,41H2,1-4H3,(H,45,55)(H,46,56)(H,47,57)/t29-,30-,31-,32+,33+,34+/m1/s1. The van der Waals surface area contributed by atoms with Crippen molar-refractivity contribution in [3.63, 3.8) is 0 Å². The van der Waals surface area contributed by atoms with Crippen molar-refractivity contribution in [1.29, 1.82) is 0 Å². The van der Waals surface area contributed by atoms with Gasteiger partial charge in [0.1, 0.15) is 6.73 Å². The number of carbonyl (C=O) groups excluding carboxylic acids is 6. The lowest BCUT2D eigenvalue weighted by Crippen LogP contribution is -2.49. The molecule has 6 atom stereocenters. The van der Waals surface area contributed by atoms with Crippen LogP contribution in [0.4, 0.5) is 0 Å². The number of amides is 3. The Labute approximate surface area is 337 Å². The summed E-state index contributed by atoms with van der Waals surface area (Å²) in [4.78, 5) is 79.0. The largest absolute Gasteiger partial charge is 0.396 e. The molecular weight excluding hydrogens is 738 g/mol. The minimum absolute atomic E-state index is 0.00836. The summed E-state index contributed by atoms with van der Waals surface area (Å²) >= 11 is 0. The summed E-state index contributed by atoms with van der Waals surface area (Å²) in [7, 11) is 0. The van der Waals surface area contributed by atoms with Crippen LogP contribution in [0.5, 0.6) is 0 Å². The van der Waals surface area contributed by atoms with E-state index in [1.54, 1.807) is 0 Å². The molecule has 57 heavy (non-hydrogen) atoms. The van der Waals surface area contributed by atoms with Gasteiger partial charge in [-0.05, 0) is 55.9 Å². The highest BCUT2D eigenvalue weighted by molar-refractivity contribution is 5.91. The Hall–Kier alpha value is -3.68. The molecule has 324 valence electrons. The number of aliphatic hydroxyl groups is 4. The van der Waals surface area contributed by atoms with Crippen LogP contribution in [0, 0.1) is 29.6 Å². The number of aliphatic hydroxyl groups excluding tert-OH is 4. The zero-order chi connectivity index (χ0) is 42.8.